The predicted molar refractivity (Wildman–Crippen MR) is 80.0 cm³/mol. The van der Waals surface area contributed by atoms with Crippen LogP contribution in [0.25, 0.3) is 10.9 Å². The molecule has 1 aromatic carbocycles. The largest absolute Gasteiger partial charge is 0.433 e. The average molecular weight is 372 g/mol. The lowest BCUT2D eigenvalue weighted by Crippen LogP contribution is -2.14. The number of hydrogen-bond donors (Lipinski definition) is 1. The van der Waals surface area contributed by atoms with Crippen molar-refractivity contribution in [1.82, 2.24) is 9.97 Å². The summed E-state index contributed by atoms with van der Waals surface area (Å²) in [6.07, 6.45) is -8.86. The first-order valence-corrected chi connectivity index (χ1v) is 7.25. The van der Waals surface area contributed by atoms with Gasteiger partial charge in [-0.1, -0.05) is 18.2 Å². The number of rotatable bonds is 2. The lowest BCUT2D eigenvalue weighted by atomic mass is 9.96. The maximum Gasteiger partial charge on any atom is 0.433 e. The summed E-state index contributed by atoms with van der Waals surface area (Å²) in [6.45, 7) is 0. The van der Waals surface area contributed by atoms with E-state index in [0.717, 1.165) is 6.07 Å². The van der Waals surface area contributed by atoms with E-state index in [4.69, 9.17) is 0 Å². The van der Waals surface area contributed by atoms with Crippen LogP contribution in [0, 0.1) is 0 Å². The summed E-state index contributed by atoms with van der Waals surface area (Å²) in [7, 11) is 0. The molecule has 0 amide bonds. The van der Waals surface area contributed by atoms with Crippen LogP contribution in [0.5, 0.6) is 0 Å². The number of fused-ring (bicyclic) bond motifs is 1. The normalized spacial score (nSPS) is 13.8. The smallest absolute Gasteiger partial charge is 0.384 e. The first-order chi connectivity index (χ1) is 12.1. The van der Waals surface area contributed by atoms with E-state index in [1.165, 1.54) is 30.6 Å². The van der Waals surface area contributed by atoms with Gasteiger partial charge >= 0.3 is 12.4 Å². The van der Waals surface area contributed by atoms with Gasteiger partial charge in [0.1, 0.15) is 11.8 Å². The summed E-state index contributed by atoms with van der Waals surface area (Å²) in [5, 5.41) is 10.2. The maximum atomic E-state index is 13.2. The molecule has 9 heteroatoms. The number of para-hydroxylation sites is 1. The Hall–Kier alpha value is -2.68. The first-order valence-electron chi connectivity index (χ1n) is 7.25. The maximum absolute atomic E-state index is 13.2. The van der Waals surface area contributed by atoms with Gasteiger partial charge in [0.05, 0.1) is 11.1 Å². The van der Waals surface area contributed by atoms with Gasteiger partial charge in [-0.05, 0) is 23.8 Å². The fourth-order valence-corrected chi connectivity index (χ4v) is 2.59. The third-order valence-corrected chi connectivity index (χ3v) is 3.76. The van der Waals surface area contributed by atoms with Crippen molar-refractivity contribution in [2.75, 3.05) is 0 Å². The lowest BCUT2D eigenvalue weighted by molar-refractivity contribution is -0.142. The Kier molecular flexibility index (Phi) is 4.35. The van der Waals surface area contributed by atoms with E-state index >= 15 is 0 Å². The number of aliphatic hydroxyl groups is 1. The molecule has 0 bridgehead atoms. The number of aliphatic hydroxyl groups excluding tert-OH is 1. The minimum atomic E-state index is -4.98. The first kappa shape index (κ1) is 18.1. The Morgan fingerprint density at radius 2 is 1.65 bits per heavy atom. The van der Waals surface area contributed by atoms with Gasteiger partial charge in [-0.3, -0.25) is 4.98 Å². The van der Waals surface area contributed by atoms with Gasteiger partial charge < -0.3 is 5.11 Å². The highest BCUT2D eigenvalue weighted by Gasteiger charge is 2.38. The Balaban J connectivity index is 2.34. The van der Waals surface area contributed by atoms with Gasteiger partial charge in [-0.15, -0.1) is 0 Å². The van der Waals surface area contributed by atoms with Crippen molar-refractivity contribution >= 4 is 10.9 Å². The van der Waals surface area contributed by atoms with Crippen molar-refractivity contribution in [2.45, 2.75) is 18.5 Å². The van der Waals surface area contributed by atoms with Crippen molar-refractivity contribution in [1.29, 1.82) is 0 Å². The Bertz CT molecular complexity index is 938. The van der Waals surface area contributed by atoms with Gasteiger partial charge in [0.2, 0.25) is 0 Å². The number of pyridine rings is 2. The zero-order valence-electron chi connectivity index (χ0n) is 12.8. The van der Waals surface area contributed by atoms with E-state index in [9.17, 15) is 31.4 Å². The quantitative estimate of drug-likeness (QED) is 0.661. The molecular formula is C17H10F6N2O. The van der Waals surface area contributed by atoms with E-state index in [1.807, 2.05) is 0 Å². The summed E-state index contributed by atoms with van der Waals surface area (Å²) in [6, 6.07) is 6.31. The Morgan fingerprint density at radius 3 is 2.23 bits per heavy atom. The monoisotopic (exact) mass is 372 g/mol. The number of nitrogens with zero attached hydrogens (tertiary/aromatic N) is 2. The molecule has 1 unspecified atom stereocenters. The summed E-state index contributed by atoms with van der Waals surface area (Å²) in [4.78, 5) is 6.94. The molecule has 0 aliphatic rings. The second-order valence-corrected chi connectivity index (χ2v) is 5.48. The highest BCUT2D eigenvalue weighted by atomic mass is 19.4. The molecule has 1 atom stereocenters. The molecule has 0 radical (unpaired) electrons. The van der Waals surface area contributed by atoms with Crippen molar-refractivity contribution < 1.29 is 31.4 Å². The number of benzene rings is 1. The fraction of sp³-hybridized carbons (Fsp3) is 0.176. The number of alkyl halides is 6. The van der Waals surface area contributed by atoms with Crippen molar-refractivity contribution in [3.8, 4) is 0 Å². The molecule has 2 aromatic heterocycles. The molecule has 0 aliphatic carbocycles. The summed E-state index contributed by atoms with van der Waals surface area (Å²) in [5.41, 5.74) is -3.87. The van der Waals surface area contributed by atoms with Crippen LogP contribution in [-0.2, 0) is 12.4 Å². The van der Waals surface area contributed by atoms with E-state index in [2.05, 4.69) is 9.97 Å². The predicted octanol–water partition coefficient (Wildman–Crippen LogP) is 4.75. The van der Waals surface area contributed by atoms with Gasteiger partial charge in [0, 0.05) is 23.3 Å². The number of halogens is 6. The molecule has 0 aliphatic heterocycles. The van der Waals surface area contributed by atoms with E-state index < -0.39 is 35.2 Å². The van der Waals surface area contributed by atoms with Crippen LogP contribution in [0.1, 0.15) is 28.5 Å². The molecule has 3 rings (SSSR count). The molecular weight excluding hydrogens is 362 g/mol. The molecule has 0 saturated heterocycles. The summed E-state index contributed by atoms with van der Waals surface area (Å²) in [5.74, 6) is 0. The second-order valence-electron chi connectivity index (χ2n) is 5.48. The highest BCUT2D eigenvalue weighted by Crippen LogP contribution is 2.39. The number of hydrogen-bond acceptors (Lipinski definition) is 3. The van der Waals surface area contributed by atoms with Gasteiger partial charge in [-0.2, -0.15) is 26.3 Å². The fourth-order valence-electron chi connectivity index (χ4n) is 2.59. The Morgan fingerprint density at radius 1 is 0.923 bits per heavy atom. The molecule has 26 heavy (non-hydrogen) atoms. The topological polar surface area (TPSA) is 46.0 Å². The minimum absolute atomic E-state index is 0.144. The zero-order valence-corrected chi connectivity index (χ0v) is 12.8. The third-order valence-electron chi connectivity index (χ3n) is 3.76. The van der Waals surface area contributed by atoms with Crippen LogP contribution in [-0.4, -0.2) is 15.1 Å². The van der Waals surface area contributed by atoms with Gasteiger partial charge in [0.25, 0.3) is 0 Å². The number of aromatic nitrogens is 2. The van der Waals surface area contributed by atoms with Crippen LogP contribution in [0.4, 0.5) is 26.3 Å². The van der Waals surface area contributed by atoms with Crippen LogP contribution < -0.4 is 0 Å². The van der Waals surface area contributed by atoms with Crippen LogP contribution in [0.15, 0.2) is 48.8 Å². The van der Waals surface area contributed by atoms with E-state index in [0.29, 0.717) is 12.1 Å². The highest BCUT2D eigenvalue weighted by molar-refractivity contribution is 5.86. The summed E-state index contributed by atoms with van der Waals surface area (Å²) < 4.78 is 79.1. The molecule has 136 valence electrons. The van der Waals surface area contributed by atoms with Crippen LogP contribution in [0.2, 0.25) is 0 Å². The molecule has 0 spiro atoms. The molecule has 3 nitrogen and oxygen atoms in total. The summed E-state index contributed by atoms with van der Waals surface area (Å²) >= 11 is 0. The molecule has 0 saturated carbocycles. The minimum Gasteiger partial charge on any atom is -0.384 e. The molecule has 3 aromatic rings. The molecule has 1 N–H and O–H groups in total. The third kappa shape index (κ3) is 3.34. The SMILES string of the molecule is OC(c1cccnc1)c1cc(C(F)(F)F)nc2c(C(F)(F)F)cccc12. The standard InChI is InChI=1S/C17H10F6N2O/c18-16(19,20)12-5-1-4-10-11(15(26)9-3-2-6-24-8-9)7-13(17(21,22)23)25-14(10)12/h1-8,15,26H. The van der Waals surface area contributed by atoms with Gasteiger partial charge in [-0.25, -0.2) is 4.98 Å². The molecule has 2 heterocycles. The zero-order chi connectivity index (χ0) is 19.1. The van der Waals surface area contributed by atoms with Crippen molar-refractivity contribution in [3.05, 3.63) is 71.2 Å². The van der Waals surface area contributed by atoms with E-state index in [1.54, 1.807) is 0 Å². The molecule has 0 fully saturated rings. The van der Waals surface area contributed by atoms with E-state index in [-0.39, 0.29) is 16.5 Å². The van der Waals surface area contributed by atoms with Crippen molar-refractivity contribution in [2.24, 2.45) is 0 Å². The lowest BCUT2D eigenvalue weighted by Gasteiger charge is -2.18. The second kappa shape index (κ2) is 6.24. The van der Waals surface area contributed by atoms with Crippen LogP contribution >= 0.6 is 0 Å². The van der Waals surface area contributed by atoms with Gasteiger partial charge in [0.15, 0.2) is 0 Å². The van der Waals surface area contributed by atoms with Crippen LogP contribution in [0.3, 0.4) is 0 Å². The Labute approximate surface area is 142 Å². The average Bonchev–Trinajstić information content (AvgIpc) is 2.58. The van der Waals surface area contributed by atoms with Crippen molar-refractivity contribution in [3.63, 3.8) is 0 Å².